The summed E-state index contributed by atoms with van der Waals surface area (Å²) in [5, 5.41) is 7.05. The first-order chi connectivity index (χ1) is 17.5. The van der Waals surface area contributed by atoms with Crippen LogP contribution in [-0.4, -0.2) is 12.3 Å². The summed E-state index contributed by atoms with van der Waals surface area (Å²) < 4.78 is 86.6. The minimum absolute atomic E-state index is 0.0277. The van der Waals surface area contributed by atoms with Crippen LogP contribution in [0.15, 0.2) is 59.7 Å². The molecule has 0 aliphatic heterocycles. The summed E-state index contributed by atoms with van der Waals surface area (Å²) in [4.78, 5) is 2.71. The molecule has 11 heteroatoms. The summed E-state index contributed by atoms with van der Waals surface area (Å²) in [6, 6.07) is 14.7. The number of hydrogen-bond donors (Lipinski definition) is 1. The lowest BCUT2D eigenvalue weighted by molar-refractivity contribution is -0.185. The summed E-state index contributed by atoms with van der Waals surface area (Å²) in [5.74, 6) is -1.80. The maximum absolute atomic E-state index is 14.1. The molecule has 4 rings (SSSR count). The van der Waals surface area contributed by atoms with Crippen molar-refractivity contribution in [2.45, 2.75) is 57.2 Å². The molecule has 37 heavy (non-hydrogen) atoms. The van der Waals surface area contributed by atoms with E-state index in [1.165, 1.54) is 18.2 Å². The molecule has 5 nitrogen and oxygen atoms in total. The number of fused-ring (bicyclic) bond motifs is 1. The van der Waals surface area contributed by atoms with E-state index in [1.54, 1.807) is 12.1 Å². The van der Waals surface area contributed by atoms with E-state index in [-0.39, 0.29) is 43.4 Å². The van der Waals surface area contributed by atoms with Crippen molar-refractivity contribution in [1.29, 1.82) is 0 Å². The number of rotatable bonds is 7. The van der Waals surface area contributed by atoms with E-state index in [0.717, 1.165) is 16.8 Å². The molecule has 0 spiro atoms. The molecule has 3 aromatic rings. The van der Waals surface area contributed by atoms with Crippen molar-refractivity contribution in [2.75, 3.05) is 5.32 Å². The molecule has 0 unspecified atom stereocenters. The number of alkyl halides is 6. The van der Waals surface area contributed by atoms with Gasteiger partial charge in [-0.1, -0.05) is 35.4 Å². The summed E-state index contributed by atoms with van der Waals surface area (Å²) in [6.07, 6.45) is -9.90. The van der Waals surface area contributed by atoms with Crippen molar-refractivity contribution < 1.29 is 31.1 Å². The number of halogens is 6. The Morgan fingerprint density at radius 2 is 1.57 bits per heavy atom. The SMILES string of the molecule is [N-]=[N+]=NCc1ccc(NCc2ccc3c(C(F)(F)F)c(OC4CCC(C(F)(F)F)CC4)ccc3c2)cc1. The minimum Gasteiger partial charge on any atom is -0.490 e. The smallest absolute Gasteiger partial charge is 0.420 e. The number of azide groups is 1. The van der Waals surface area contributed by atoms with Crippen molar-refractivity contribution in [1.82, 2.24) is 0 Å². The lowest BCUT2D eigenvalue weighted by Crippen LogP contribution is -2.32. The zero-order valence-electron chi connectivity index (χ0n) is 19.6. The molecule has 1 fully saturated rings. The second-order valence-corrected chi connectivity index (χ2v) is 9.06. The Bertz CT molecular complexity index is 1280. The Balaban J connectivity index is 1.49. The van der Waals surface area contributed by atoms with Crippen molar-refractivity contribution in [3.63, 3.8) is 0 Å². The third-order valence-electron chi connectivity index (χ3n) is 6.53. The van der Waals surface area contributed by atoms with Crippen LogP contribution in [0.1, 0.15) is 42.4 Å². The van der Waals surface area contributed by atoms with Crippen molar-refractivity contribution >= 4 is 16.5 Å². The van der Waals surface area contributed by atoms with Gasteiger partial charge in [-0.15, -0.1) is 0 Å². The summed E-state index contributed by atoms with van der Waals surface area (Å²) in [7, 11) is 0. The molecule has 0 saturated heterocycles. The molecule has 0 radical (unpaired) electrons. The highest BCUT2D eigenvalue weighted by atomic mass is 19.4. The van der Waals surface area contributed by atoms with Crippen LogP contribution < -0.4 is 10.1 Å². The quantitative estimate of drug-likeness (QED) is 0.146. The highest BCUT2D eigenvalue weighted by Crippen LogP contribution is 2.44. The molecule has 3 aromatic carbocycles. The fraction of sp³-hybridized carbons (Fsp3) is 0.385. The van der Waals surface area contributed by atoms with Crippen LogP contribution in [0, 0.1) is 5.92 Å². The first kappa shape index (κ1) is 26.5. The molecule has 0 atom stereocenters. The number of benzene rings is 3. The topological polar surface area (TPSA) is 70.0 Å². The summed E-state index contributed by atoms with van der Waals surface area (Å²) >= 11 is 0. The van der Waals surface area contributed by atoms with Gasteiger partial charge in [0.2, 0.25) is 0 Å². The van der Waals surface area contributed by atoms with Gasteiger partial charge in [0, 0.05) is 17.1 Å². The Hall–Kier alpha value is -3.59. The van der Waals surface area contributed by atoms with Crippen LogP contribution >= 0.6 is 0 Å². The van der Waals surface area contributed by atoms with E-state index in [0.29, 0.717) is 11.9 Å². The molecule has 0 heterocycles. The van der Waals surface area contributed by atoms with Gasteiger partial charge in [0.05, 0.1) is 18.6 Å². The standard InChI is InChI=1S/C26H24F6N4O/c27-25(28,29)19-5-9-21(10-6-19)37-23-12-4-18-13-17(3-11-22(18)24(23)26(30,31)32)14-34-20-7-1-16(2-8-20)15-35-36-33/h1-4,7-8,11-13,19,21,34H,5-6,9-10,14-15H2. The molecule has 1 aliphatic rings. The zero-order chi connectivity index (χ0) is 26.6. The van der Waals surface area contributed by atoms with Crippen LogP contribution in [0.3, 0.4) is 0 Å². The summed E-state index contributed by atoms with van der Waals surface area (Å²) in [6.45, 7) is 0.608. The molecular weight excluding hydrogens is 498 g/mol. The number of nitrogens with zero attached hydrogens (tertiary/aromatic N) is 3. The van der Waals surface area contributed by atoms with Gasteiger partial charge < -0.3 is 10.1 Å². The van der Waals surface area contributed by atoms with Crippen LogP contribution in [0.25, 0.3) is 21.2 Å². The average Bonchev–Trinajstić information content (AvgIpc) is 2.85. The second-order valence-electron chi connectivity index (χ2n) is 9.06. The van der Waals surface area contributed by atoms with E-state index >= 15 is 0 Å². The highest BCUT2D eigenvalue weighted by molar-refractivity contribution is 5.89. The predicted molar refractivity (Wildman–Crippen MR) is 128 cm³/mol. The van der Waals surface area contributed by atoms with Gasteiger partial charge in [0.1, 0.15) is 11.3 Å². The zero-order valence-corrected chi connectivity index (χ0v) is 19.6. The minimum atomic E-state index is -4.70. The maximum atomic E-state index is 14.1. The normalized spacial score (nSPS) is 18.3. The summed E-state index contributed by atoms with van der Waals surface area (Å²) in [5.41, 5.74) is 9.88. The van der Waals surface area contributed by atoms with E-state index < -0.39 is 29.9 Å². The molecule has 0 bridgehead atoms. The fourth-order valence-electron chi connectivity index (χ4n) is 4.59. The monoisotopic (exact) mass is 522 g/mol. The Kier molecular flexibility index (Phi) is 7.73. The largest absolute Gasteiger partial charge is 0.490 e. The fourth-order valence-corrected chi connectivity index (χ4v) is 4.59. The molecule has 1 N–H and O–H groups in total. The van der Waals surface area contributed by atoms with Gasteiger partial charge in [0.25, 0.3) is 0 Å². The van der Waals surface area contributed by atoms with Gasteiger partial charge in [-0.3, -0.25) is 0 Å². The lowest BCUT2D eigenvalue weighted by Gasteiger charge is -2.31. The van der Waals surface area contributed by atoms with Crippen molar-refractivity contribution in [2.24, 2.45) is 11.0 Å². The van der Waals surface area contributed by atoms with Crippen molar-refractivity contribution in [3.8, 4) is 5.75 Å². The second kappa shape index (κ2) is 10.8. The number of hydrogen-bond acceptors (Lipinski definition) is 3. The van der Waals surface area contributed by atoms with Crippen LogP contribution in [0.2, 0.25) is 0 Å². The molecule has 0 amide bonds. The first-order valence-electron chi connectivity index (χ1n) is 11.7. The molecule has 1 aliphatic carbocycles. The third-order valence-corrected chi connectivity index (χ3v) is 6.53. The molecule has 0 aromatic heterocycles. The van der Waals surface area contributed by atoms with Gasteiger partial charge in [-0.25, -0.2) is 0 Å². The Morgan fingerprint density at radius 1 is 0.892 bits per heavy atom. The van der Waals surface area contributed by atoms with E-state index in [4.69, 9.17) is 10.3 Å². The number of nitrogens with one attached hydrogen (secondary N) is 1. The lowest BCUT2D eigenvalue weighted by atomic mass is 9.87. The van der Waals surface area contributed by atoms with E-state index in [9.17, 15) is 26.3 Å². The highest BCUT2D eigenvalue weighted by Gasteiger charge is 2.42. The number of ether oxygens (including phenoxy) is 1. The molecular formula is C26H24F6N4O. The predicted octanol–water partition coefficient (Wildman–Crippen LogP) is 8.78. The first-order valence-corrected chi connectivity index (χ1v) is 11.7. The Labute approximate surface area is 209 Å². The van der Waals surface area contributed by atoms with Crippen LogP contribution in [0.5, 0.6) is 5.75 Å². The van der Waals surface area contributed by atoms with E-state index in [2.05, 4.69) is 15.3 Å². The van der Waals surface area contributed by atoms with Crippen LogP contribution in [0.4, 0.5) is 32.0 Å². The van der Waals surface area contributed by atoms with Crippen molar-refractivity contribution in [3.05, 3.63) is 81.7 Å². The maximum Gasteiger partial charge on any atom is 0.420 e. The van der Waals surface area contributed by atoms with Gasteiger partial charge in [0.15, 0.2) is 0 Å². The third kappa shape index (κ3) is 6.60. The van der Waals surface area contributed by atoms with Gasteiger partial charge in [-0.2, -0.15) is 26.3 Å². The average molecular weight is 522 g/mol. The van der Waals surface area contributed by atoms with Gasteiger partial charge in [-0.05, 0) is 77.4 Å². The Morgan fingerprint density at radius 3 is 2.19 bits per heavy atom. The molecule has 1 saturated carbocycles. The van der Waals surface area contributed by atoms with E-state index in [1.807, 2.05) is 24.3 Å². The van der Waals surface area contributed by atoms with Gasteiger partial charge >= 0.3 is 12.4 Å². The molecule has 196 valence electrons. The number of anilines is 1. The van der Waals surface area contributed by atoms with Crippen LogP contribution in [-0.2, 0) is 19.3 Å².